The molecule has 0 amide bonds. The second kappa shape index (κ2) is 5.27. The van der Waals surface area contributed by atoms with Crippen molar-refractivity contribution < 1.29 is 14.3 Å². The lowest BCUT2D eigenvalue weighted by molar-refractivity contribution is -0.138. The highest BCUT2D eigenvalue weighted by atomic mass is 16.5. The van der Waals surface area contributed by atoms with E-state index in [1.54, 1.807) is 26.2 Å². The summed E-state index contributed by atoms with van der Waals surface area (Å²) in [5.74, 6) is 0.486. The third-order valence-corrected chi connectivity index (χ3v) is 1.86. The van der Waals surface area contributed by atoms with Gasteiger partial charge in [0.2, 0.25) is 0 Å². The van der Waals surface area contributed by atoms with Crippen LogP contribution in [0.3, 0.4) is 0 Å². The lowest BCUT2D eigenvalue weighted by Crippen LogP contribution is -2.08. The van der Waals surface area contributed by atoms with E-state index in [0.717, 1.165) is 5.76 Å². The molecule has 0 spiro atoms. The number of methoxy groups -OCH3 is 1. The molecule has 1 rings (SSSR count). The van der Waals surface area contributed by atoms with Crippen LogP contribution in [0.1, 0.15) is 13.3 Å². The molecule has 0 saturated carbocycles. The van der Waals surface area contributed by atoms with Crippen LogP contribution in [0.15, 0.2) is 35.6 Å². The van der Waals surface area contributed by atoms with Crippen molar-refractivity contribution in [3.63, 3.8) is 0 Å². The zero-order valence-electron chi connectivity index (χ0n) is 8.45. The van der Waals surface area contributed by atoms with Crippen molar-refractivity contribution in [2.24, 2.45) is 0 Å². The molecule has 0 radical (unpaired) electrons. The highest BCUT2D eigenvalue weighted by Crippen LogP contribution is 2.16. The Hall–Kier alpha value is -1.51. The normalized spacial score (nSPS) is 15.3. The summed E-state index contributed by atoms with van der Waals surface area (Å²) in [4.78, 5) is 11.4. The standard InChI is InChI=1S/C11H14O3/c1-3-14-11(12)9-6-4-5-7-10(8-9)13-2/h4-7H,3,8H2,1-2H3. The van der Waals surface area contributed by atoms with Gasteiger partial charge in [0.15, 0.2) is 0 Å². The largest absolute Gasteiger partial charge is 0.501 e. The minimum absolute atomic E-state index is 0.276. The van der Waals surface area contributed by atoms with Gasteiger partial charge in [0.05, 0.1) is 13.7 Å². The molecule has 0 fully saturated rings. The van der Waals surface area contributed by atoms with Gasteiger partial charge in [0.25, 0.3) is 0 Å². The Balaban J connectivity index is 2.71. The summed E-state index contributed by atoms with van der Waals surface area (Å²) in [6.07, 6.45) is 7.72. The van der Waals surface area contributed by atoms with Gasteiger partial charge in [-0.2, -0.15) is 0 Å². The Labute approximate surface area is 83.7 Å². The number of hydrogen-bond donors (Lipinski definition) is 0. The van der Waals surface area contributed by atoms with Gasteiger partial charge in [0, 0.05) is 12.0 Å². The van der Waals surface area contributed by atoms with Crippen molar-refractivity contribution in [3.05, 3.63) is 35.6 Å². The van der Waals surface area contributed by atoms with Crippen LogP contribution < -0.4 is 0 Å². The van der Waals surface area contributed by atoms with E-state index >= 15 is 0 Å². The first kappa shape index (κ1) is 10.6. The summed E-state index contributed by atoms with van der Waals surface area (Å²) < 4.78 is 10.00. The molecule has 0 bridgehead atoms. The lowest BCUT2D eigenvalue weighted by Gasteiger charge is -2.07. The van der Waals surface area contributed by atoms with Crippen LogP contribution in [0.2, 0.25) is 0 Å². The van der Waals surface area contributed by atoms with Crippen LogP contribution in [0.25, 0.3) is 0 Å². The summed E-state index contributed by atoms with van der Waals surface area (Å²) in [6, 6.07) is 0. The molecule has 0 aromatic heterocycles. The zero-order chi connectivity index (χ0) is 10.4. The van der Waals surface area contributed by atoms with Crippen LogP contribution in [0, 0.1) is 0 Å². The van der Waals surface area contributed by atoms with Crippen LogP contribution >= 0.6 is 0 Å². The molecule has 0 aliphatic heterocycles. The van der Waals surface area contributed by atoms with Gasteiger partial charge < -0.3 is 9.47 Å². The van der Waals surface area contributed by atoms with E-state index in [1.165, 1.54) is 0 Å². The number of ether oxygens (including phenoxy) is 2. The van der Waals surface area contributed by atoms with Crippen molar-refractivity contribution in [1.82, 2.24) is 0 Å². The fourth-order valence-corrected chi connectivity index (χ4v) is 1.14. The van der Waals surface area contributed by atoms with E-state index in [1.807, 2.05) is 12.2 Å². The van der Waals surface area contributed by atoms with Gasteiger partial charge in [-0.3, -0.25) is 0 Å². The SMILES string of the molecule is CCOC(=O)C1=CC=CC=C(OC)C1. The van der Waals surface area contributed by atoms with Gasteiger partial charge in [-0.15, -0.1) is 0 Å². The summed E-state index contributed by atoms with van der Waals surface area (Å²) in [6.45, 7) is 2.18. The molecule has 0 N–H and O–H groups in total. The summed E-state index contributed by atoms with van der Waals surface area (Å²) in [5, 5.41) is 0. The molecule has 0 atom stereocenters. The molecule has 0 aromatic rings. The molecular formula is C11H14O3. The molecule has 0 saturated heterocycles. The Morgan fingerprint density at radius 1 is 1.43 bits per heavy atom. The molecule has 0 unspecified atom stereocenters. The fraction of sp³-hybridized carbons (Fsp3) is 0.364. The van der Waals surface area contributed by atoms with Crippen molar-refractivity contribution in [2.75, 3.05) is 13.7 Å². The Morgan fingerprint density at radius 3 is 2.79 bits per heavy atom. The van der Waals surface area contributed by atoms with Crippen molar-refractivity contribution in [2.45, 2.75) is 13.3 Å². The number of esters is 1. The molecule has 76 valence electrons. The van der Waals surface area contributed by atoms with E-state index in [0.29, 0.717) is 18.6 Å². The Bertz CT molecular complexity index is 298. The maximum absolute atomic E-state index is 11.4. The quantitative estimate of drug-likeness (QED) is 0.644. The summed E-state index contributed by atoms with van der Waals surface area (Å²) in [5.41, 5.74) is 0.619. The van der Waals surface area contributed by atoms with E-state index in [-0.39, 0.29) is 5.97 Å². The Kier molecular flexibility index (Phi) is 3.98. The van der Waals surface area contributed by atoms with Crippen molar-refractivity contribution in [1.29, 1.82) is 0 Å². The molecule has 1 aliphatic rings. The smallest absolute Gasteiger partial charge is 0.334 e. The maximum Gasteiger partial charge on any atom is 0.334 e. The van der Waals surface area contributed by atoms with E-state index in [4.69, 9.17) is 9.47 Å². The van der Waals surface area contributed by atoms with Crippen molar-refractivity contribution in [3.8, 4) is 0 Å². The van der Waals surface area contributed by atoms with Crippen LogP contribution in [-0.4, -0.2) is 19.7 Å². The Morgan fingerprint density at radius 2 is 2.14 bits per heavy atom. The fourth-order valence-electron chi connectivity index (χ4n) is 1.14. The highest BCUT2D eigenvalue weighted by molar-refractivity contribution is 5.89. The second-order valence-electron chi connectivity index (χ2n) is 2.81. The monoisotopic (exact) mass is 194 g/mol. The van der Waals surface area contributed by atoms with Crippen molar-refractivity contribution >= 4 is 5.97 Å². The van der Waals surface area contributed by atoms with E-state index < -0.39 is 0 Å². The highest BCUT2D eigenvalue weighted by Gasteiger charge is 2.13. The van der Waals surface area contributed by atoms with Gasteiger partial charge in [0.1, 0.15) is 5.76 Å². The van der Waals surface area contributed by atoms with Gasteiger partial charge >= 0.3 is 5.97 Å². The molecule has 0 heterocycles. The molecule has 14 heavy (non-hydrogen) atoms. The third-order valence-electron chi connectivity index (χ3n) is 1.86. The number of allylic oxidation sites excluding steroid dienone is 5. The minimum atomic E-state index is -0.276. The molecule has 0 aromatic carbocycles. The number of carbonyl (C=O) groups excluding carboxylic acids is 1. The molecule has 1 aliphatic carbocycles. The molecular weight excluding hydrogens is 180 g/mol. The number of carbonyl (C=O) groups is 1. The molecule has 3 nitrogen and oxygen atoms in total. The summed E-state index contributed by atoms with van der Waals surface area (Å²) >= 11 is 0. The third kappa shape index (κ3) is 2.76. The lowest BCUT2D eigenvalue weighted by atomic mass is 10.1. The molecule has 3 heteroatoms. The predicted octanol–water partition coefficient (Wildman–Crippen LogP) is 1.97. The topological polar surface area (TPSA) is 35.5 Å². The van der Waals surface area contributed by atoms with E-state index in [9.17, 15) is 4.79 Å². The average molecular weight is 194 g/mol. The van der Waals surface area contributed by atoms with Gasteiger partial charge in [-0.1, -0.05) is 18.2 Å². The van der Waals surface area contributed by atoms with Crippen LogP contribution in [0.5, 0.6) is 0 Å². The second-order valence-corrected chi connectivity index (χ2v) is 2.81. The minimum Gasteiger partial charge on any atom is -0.501 e. The predicted molar refractivity (Wildman–Crippen MR) is 53.6 cm³/mol. The first-order valence-electron chi connectivity index (χ1n) is 4.55. The zero-order valence-corrected chi connectivity index (χ0v) is 8.45. The average Bonchev–Trinajstić information content (AvgIpc) is 2.43. The number of hydrogen-bond acceptors (Lipinski definition) is 3. The van der Waals surface area contributed by atoms with E-state index in [2.05, 4.69) is 0 Å². The van der Waals surface area contributed by atoms with Crippen LogP contribution in [0.4, 0.5) is 0 Å². The summed E-state index contributed by atoms with van der Waals surface area (Å²) in [7, 11) is 1.59. The van der Waals surface area contributed by atoms with Gasteiger partial charge in [-0.05, 0) is 13.0 Å². The first-order valence-corrected chi connectivity index (χ1v) is 4.55. The number of rotatable bonds is 3. The van der Waals surface area contributed by atoms with Crippen LogP contribution in [-0.2, 0) is 14.3 Å². The maximum atomic E-state index is 11.4. The first-order chi connectivity index (χ1) is 6.77. The van der Waals surface area contributed by atoms with Gasteiger partial charge in [-0.25, -0.2) is 4.79 Å².